The van der Waals surface area contributed by atoms with Crippen LogP contribution in [0.4, 0.5) is 11.4 Å². The molecule has 0 saturated carbocycles. The summed E-state index contributed by atoms with van der Waals surface area (Å²) in [4.78, 5) is 4.97. The fraction of sp³-hybridized carbons (Fsp3) is 0.625. The average Bonchev–Trinajstić information content (AvgIpc) is 2.47. The molecule has 0 spiro atoms. The molecule has 1 unspecified atom stereocenters. The first-order chi connectivity index (χ1) is 9.25. The average molecular weight is 259 g/mol. The van der Waals surface area contributed by atoms with Crippen LogP contribution in [0, 0.1) is 0 Å². The second kappa shape index (κ2) is 5.41. The summed E-state index contributed by atoms with van der Waals surface area (Å²) in [6.07, 6.45) is 5.12. The van der Waals surface area contributed by atoms with Gasteiger partial charge in [0.05, 0.1) is 0 Å². The van der Waals surface area contributed by atoms with Crippen molar-refractivity contribution in [3.8, 4) is 0 Å². The van der Waals surface area contributed by atoms with E-state index in [2.05, 4.69) is 47.4 Å². The van der Waals surface area contributed by atoms with E-state index in [1.807, 2.05) is 0 Å². The van der Waals surface area contributed by atoms with Crippen LogP contribution in [-0.2, 0) is 6.42 Å². The lowest BCUT2D eigenvalue weighted by Crippen LogP contribution is -2.45. The molecule has 3 rings (SSSR count). The van der Waals surface area contributed by atoms with Gasteiger partial charge in [-0.3, -0.25) is 0 Å². The van der Waals surface area contributed by atoms with Crippen molar-refractivity contribution in [3.05, 3.63) is 23.8 Å². The van der Waals surface area contributed by atoms with Crippen molar-refractivity contribution in [2.45, 2.75) is 31.7 Å². The van der Waals surface area contributed by atoms with Gasteiger partial charge in [-0.2, -0.15) is 0 Å². The van der Waals surface area contributed by atoms with E-state index in [0.717, 1.165) is 6.54 Å². The molecule has 2 aliphatic rings. The lowest BCUT2D eigenvalue weighted by Gasteiger charge is -2.39. The Bertz CT molecular complexity index is 442. The summed E-state index contributed by atoms with van der Waals surface area (Å²) < 4.78 is 0. The fourth-order valence-corrected chi connectivity index (χ4v) is 3.38. The van der Waals surface area contributed by atoms with E-state index < -0.39 is 0 Å². The molecule has 1 aromatic rings. The second-order valence-corrected chi connectivity index (χ2v) is 6.04. The molecule has 0 radical (unpaired) electrons. The lowest BCUT2D eigenvalue weighted by molar-refractivity contribution is 0.258. The minimum Gasteiger partial charge on any atom is -0.385 e. The third-order valence-corrected chi connectivity index (χ3v) is 4.54. The zero-order valence-electron chi connectivity index (χ0n) is 12.2. The van der Waals surface area contributed by atoms with Gasteiger partial charge in [-0.1, -0.05) is 6.07 Å². The van der Waals surface area contributed by atoms with Gasteiger partial charge < -0.3 is 15.1 Å². The minimum absolute atomic E-state index is 0.696. The topological polar surface area (TPSA) is 18.5 Å². The van der Waals surface area contributed by atoms with Crippen molar-refractivity contribution in [3.63, 3.8) is 0 Å². The highest BCUT2D eigenvalue weighted by molar-refractivity contribution is 5.68. The third-order valence-electron chi connectivity index (χ3n) is 4.54. The molecule has 3 heteroatoms. The fourth-order valence-electron chi connectivity index (χ4n) is 3.38. The van der Waals surface area contributed by atoms with E-state index in [1.54, 1.807) is 0 Å². The normalized spacial score (nSPS) is 23.1. The minimum atomic E-state index is 0.696. The van der Waals surface area contributed by atoms with E-state index in [0.29, 0.717) is 6.04 Å². The Labute approximate surface area is 116 Å². The third kappa shape index (κ3) is 2.57. The summed E-state index contributed by atoms with van der Waals surface area (Å²) in [6, 6.07) is 7.43. The number of hydrogen-bond donors (Lipinski definition) is 1. The Morgan fingerprint density at radius 3 is 3.00 bits per heavy atom. The molecule has 104 valence electrons. The Hall–Kier alpha value is -1.22. The van der Waals surface area contributed by atoms with E-state index in [1.165, 1.54) is 55.7 Å². The zero-order chi connectivity index (χ0) is 13.2. The number of hydrogen-bond acceptors (Lipinski definition) is 3. The number of likely N-dealkylation sites (N-methyl/N-ethyl adjacent to an activating group) is 1. The summed E-state index contributed by atoms with van der Waals surface area (Å²) in [5.41, 5.74) is 4.36. The van der Waals surface area contributed by atoms with Crippen molar-refractivity contribution < 1.29 is 0 Å². The van der Waals surface area contributed by atoms with Gasteiger partial charge in [-0.15, -0.1) is 0 Å². The van der Waals surface area contributed by atoms with Gasteiger partial charge in [0.15, 0.2) is 0 Å². The summed E-state index contributed by atoms with van der Waals surface area (Å²) in [5.74, 6) is 0. The summed E-state index contributed by atoms with van der Waals surface area (Å²) in [6.45, 7) is 3.50. The smallest absolute Gasteiger partial charge is 0.0420 e. The van der Waals surface area contributed by atoms with Crippen LogP contribution < -0.4 is 10.2 Å². The Kier molecular flexibility index (Phi) is 3.65. The van der Waals surface area contributed by atoms with Gasteiger partial charge in [0.1, 0.15) is 0 Å². The molecule has 1 fully saturated rings. The molecule has 0 aromatic heterocycles. The number of piperidine rings is 1. The highest BCUT2D eigenvalue weighted by atomic mass is 15.2. The van der Waals surface area contributed by atoms with Crippen LogP contribution in [-0.4, -0.2) is 44.7 Å². The molecule has 1 saturated heterocycles. The Balaban J connectivity index is 1.85. The van der Waals surface area contributed by atoms with Crippen molar-refractivity contribution in [1.82, 2.24) is 4.90 Å². The van der Waals surface area contributed by atoms with Crippen molar-refractivity contribution >= 4 is 11.4 Å². The molecule has 0 amide bonds. The summed E-state index contributed by atoms with van der Waals surface area (Å²) in [7, 11) is 4.41. The maximum absolute atomic E-state index is 3.54. The van der Waals surface area contributed by atoms with Gasteiger partial charge in [0.2, 0.25) is 0 Å². The largest absolute Gasteiger partial charge is 0.385 e. The van der Waals surface area contributed by atoms with Crippen molar-refractivity contribution in [2.75, 3.05) is 43.9 Å². The van der Waals surface area contributed by atoms with Crippen LogP contribution in [0.15, 0.2) is 18.2 Å². The maximum atomic E-state index is 3.54. The van der Waals surface area contributed by atoms with Gasteiger partial charge in [0, 0.05) is 37.1 Å². The van der Waals surface area contributed by atoms with Crippen LogP contribution in [0.1, 0.15) is 24.8 Å². The number of benzene rings is 1. The van der Waals surface area contributed by atoms with Crippen LogP contribution in [0.3, 0.4) is 0 Å². The predicted octanol–water partition coefficient (Wildman–Crippen LogP) is 2.58. The Morgan fingerprint density at radius 2 is 2.16 bits per heavy atom. The molecule has 0 bridgehead atoms. The van der Waals surface area contributed by atoms with Crippen molar-refractivity contribution in [1.29, 1.82) is 0 Å². The molecule has 2 heterocycles. The van der Waals surface area contributed by atoms with Crippen LogP contribution in [0.25, 0.3) is 0 Å². The maximum Gasteiger partial charge on any atom is 0.0420 e. The highest BCUT2D eigenvalue weighted by Gasteiger charge is 2.24. The summed E-state index contributed by atoms with van der Waals surface area (Å²) in [5, 5.41) is 3.54. The van der Waals surface area contributed by atoms with E-state index >= 15 is 0 Å². The molecular weight excluding hydrogens is 234 g/mol. The molecule has 0 aliphatic carbocycles. The first kappa shape index (κ1) is 12.8. The van der Waals surface area contributed by atoms with Crippen molar-refractivity contribution in [2.24, 2.45) is 0 Å². The van der Waals surface area contributed by atoms with Gasteiger partial charge in [-0.25, -0.2) is 0 Å². The zero-order valence-corrected chi connectivity index (χ0v) is 12.2. The molecule has 1 aromatic carbocycles. The number of rotatable bonds is 2. The first-order valence-electron chi connectivity index (χ1n) is 7.53. The van der Waals surface area contributed by atoms with E-state index in [9.17, 15) is 0 Å². The van der Waals surface area contributed by atoms with Gasteiger partial charge in [0.25, 0.3) is 0 Å². The number of anilines is 2. The van der Waals surface area contributed by atoms with Crippen LogP contribution >= 0.6 is 0 Å². The Morgan fingerprint density at radius 1 is 1.26 bits per heavy atom. The molecule has 19 heavy (non-hydrogen) atoms. The molecule has 1 atom stereocenters. The lowest BCUT2D eigenvalue weighted by atomic mass is 9.98. The molecule has 1 N–H and O–H groups in total. The first-order valence-corrected chi connectivity index (χ1v) is 7.53. The van der Waals surface area contributed by atoms with Gasteiger partial charge in [-0.05, 0) is 57.5 Å². The number of nitrogens with one attached hydrogen (secondary N) is 1. The second-order valence-electron chi connectivity index (χ2n) is 6.04. The predicted molar refractivity (Wildman–Crippen MR) is 82.2 cm³/mol. The summed E-state index contributed by atoms with van der Waals surface area (Å²) >= 11 is 0. The van der Waals surface area contributed by atoms with E-state index in [4.69, 9.17) is 0 Å². The quantitative estimate of drug-likeness (QED) is 0.880. The molecular formula is C16H25N3. The van der Waals surface area contributed by atoms with Gasteiger partial charge >= 0.3 is 0 Å². The highest BCUT2D eigenvalue weighted by Crippen LogP contribution is 2.33. The SMILES string of the molecule is CN(C)C1CCCN(c2cccc3c2CCCN3)C1. The van der Waals surface area contributed by atoms with E-state index in [-0.39, 0.29) is 0 Å². The molecule has 3 nitrogen and oxygen atoms in total. The standard InChI is InChI=1S/C16H25N3/c1-18(2)13-6-5-11-19(12-13)16-9-3-8-15-14(16)7-4-10-17-15/h3,8-9,13,17H,4-7,10-12H2,1-2H3. The monoisotopic (exact) mass is 259 g/mol. The number of fused-ring (bicyclic) bond motifs is 1. The van der Waals surface area contributed by atoms with Crippen LogP contribution in [0.5, 0.6) is 0 Å². The number of nitrogens with zero attached hydrogens (tertiary/aromatic N) is 2. The van der Waals surface area contributed by atoms with Crippen LogP contribution in [0.2, 0.25) is 0 Å². The molecule has 2 aliphatic heterocycles.